The van der Waals surface area contributed by atoms with E-state index in [1.807, 2.05) is 0 Å². The molecule has 0 saturated carbocycles. The van der Waals surface area contributed by atoms with E-state index in [1.54, 1.807) is 24.3 Å². The quantitative estimate of drug-likeness (QED) is 0.514. The standard InChI is InChI=1S/C12H12NO2.BrH.Zn/c1-2-3-8-13-11(14)9-6-4-5-7-10(9)12(13)15;;/h4-7H,1-3,8H2;1H;/p-1. The smallest absolute Gasteiger partial charge is 0.261 e. The normalized spacial score (nSPS) is 12.9. The number of amides is 2. The molecule has 0 N–H and O–H groups in total. The van der Waals surface area contributed by atoms with Gasteiger partial charge < -0.3 is 17.0 Å². The second-order valence-electron chi connectivity index (χ2n) is 3.51. The summed E-state index contributed by atoms with van der Waals surface area (Å²) >= 11 is 0. The summed E-state index contributed by atoms with van der Waals surface area (Å²) in [5.74, 6) is -0.354. The van der Waals surface area contributed by atoms with Gasteiger partial charge in [-0.15, -0.1) is 0 Å². The molecule has 1 aliphatic heterocycles. The first-order chi connectivity index (χ1) is 7.25. The summed E-state index contributed by atoms with van der Waals surface area (Å²) in [4.78, 5) is 24.9. The van der Waals surface area contributed by atoms with E-state index in [-0.39, 0.29) is 48.3 Å². The van der Waals surface area contributed by atoms with Crippen LogP contribution < -0.4 is 17.0 Å². The zero-order valence-corrected chi connectivity index (χ0v) is 14.0. The molecule has 0 unspecified atom stereocenters. The van der Waals surface area contributed by atoms with Crippen LogP contribution in [0, 0.1) is 6.92 Å². The van der Waals surface area contributed by atoms with Crippen molar-refractivity contribution in [2.45, 2.75) is 12.8 Å². The number of nitrogens with zero attached hydrogens (tertiary/aromatic N) is 1. The van der Waals surface area contributed by atoms with Crippen LogP contribution in [0.25, 0.3) is 0 Å². The van der Waals surface area contributed by atoms with Gasteiger partial charge >= 0.3 is 0 Å². The molecule has 1 aromatic carbocycles. The van der Waals surface area contributed by atoms with E-state index in [1.165, 1.54) is 4.90 Å². The number of carbonyl (C=O) groups excluding carboxylic acids is 2. The minimum Gasteiger partial charge on any atom is -1.00 e. The molecule has 0 spiro atoms. The molecule has 0 aromatic heterocycles. The summed E-state index contributed by atoms with van der Waals surface area (Å²) in [6, 6.07) is 6.93. The molecule has 1 aromatic rings. The Bertz CT molecular complexity index is 388. The number of halogens is 1. The maximum atomic E-state index is 11.8. The molecule has 17 heavy (non-hydrogen) atoms. The number of imide groups is 1. The molecule has 0 saturated heterocycles. The second-order valence-corrected chi connectivity index (χ2v) is 3.51. The van der Waals surface area contributed by atoms with Crippen LogP contribution in [0.5, 0.6) is 0 Å². The number of carbonyl (C=O) groups is 2. The van der Waals surface area contributed by atoms with Gasteiger partial charge in [0.15, 0.2) is 0 Å². The van der Waals surface area contributed by atoms with Gasteiger partial charge in [0.1, 0.15) is 0 Å². The van der Waals surface area contributed by atoms with Crippen LogP contribution in [0.1, 0.15) is 33.6 Å². The molecule has 3 nitrogen and oxygen atoms in total. The minimum atomic E-state index is -0.177. The molecule has 1 radical (unpaired) electrons. The summed E-state index contributed by atoms with van der Waals surface area (Å²) in [5.41, 5.74) is 1.04. The summed E-state index contributed by atoms with van der Waals surface area (Å²) in [7, 11) is 0. The van der Waals surface area contributed by atoms with Crippen molar-refractivity contribution in [1.29, 1.82) is 0 Å². The molecule has 0 atom stereocenters. The average molecular weight is 348 g/mol. The van der Waals surface area contributed by atoms with Gasteiger partial charge in [-0.05, 0) is 18.6 Å². The zero-order valence-electron chi connectivity index (χ0n) is 9.49. The van der Waals surface area contributed by atoms with Crippen molar-refractivity contribution in [3.63, 3.8) is 0 Å². The fourth-order valence-corrected chi connectivity index (χ4v) is 1.71. The van der Waals surface area contributed by atoms with Crippen LogP contribution in [-0.2, 0) is 19.5 Å². The molecule has 1 aliphatic rings. The van der Waals surface area contributed by atoms with Crippen LogP contribution in [0.15, 0.2) is 24.3 Å². The molecular formula is C12H12BrNO2Zn-. The third kappa shape index (κ3) is 3.02. The van der Waals surface area contributed by atoms with E-state index >= 15 is 0 Å². The zero-order chi connectivity index (χ0) is 10.8. The Kier molecular flexibility index (Phi) is 6.80. The maximum Gasteiger partial charge on any atom is 0.261 e. The van der Waals surface area contributed by atoms with Crippen molar-refractivity contribution < 1.29 is 46.0 Å². The van der Waals surface area contributed by atoms with E-state index in [0.29, 0.717) is 17.7 Å². The van der Waals surface area contributed by atoms with Gasteiger partial charge in [0.25, 0.3) is 11.8 Å². The number of benzene rings is 1. The number of hydrogen-bond acceptors (Lipinski definition) is 2. The minimum absolute atomic E-state index is 0. The molecule has 0 fully saturated rings. The summed E-state index contributed by atoms with van der Waals surface area (Å²) < 4.78 is 0. The molecular weight excluding hydrogens is 335 g/mol. The van der Waals surface area contributed by atoms with Crippen LogP contribution in [-0.4, -0.2) is 23.3 Å². The maximum absolute atomic E-state index is 11.8. The van der Waals surface area contributed by atoms with E-state index in [0.717, 1.165) is 12.8 Å². The molecule has 1 heterocycles. The molecule has 5 heteroatoms. The Morgan fingerprint density at radius 1 is 1.06 bits per heavy atom. The summed E-state index contributed by atoms with van der Waals surface area (Å²) in [5, 5.41) is 0. The fraction of sp³-hybridized carbons (Fsp3) is 0.250. The summed E-state index contributed by atoms with van der Waals surface area (Å²) in [6.07, 6.45) is 1.48. The van der Waals surface area contributed by atoms with Crippen molar-refractivity contribution >= 4 is 11.8 Å². The van der Waals surface area contributed by atoms with Gasteiger partial charge in [0, 0.05) is 26.0 Å². The van der Waals surface area contributed by atoms with Gasteiger partial charge in [0.2, 0.25) is 0 Å². The Hall–Kier alpha value is -0.537. The Balaban J connectivity index is 0.00000128. The van der Waals surface area contributed by atoms with Gasteiger partial charge in [0.05, 0.1) is 11.1 Å². The first-order valence-corrected chi connectivity index (χ1v) is 5.00. The molecule has 2 rings (SSSR count). The van der Waals surface area contributed by atoms with Crippen LogP contribution in [0.3, 0.4) is 0 Å². The van der Waals surface area contributed by atoms with E-state index < -0.39 is 0 Å². The SMILES string of the molecule is [Br-].[CH2]CCCN1C(=O)c2ccccc2C1=O.[Zn]. The van der Waals surface area contributed by atoms with Crippen molar-refractivity contribution in [2.24, 2.45) is 0 Å². The van der Waals surface area contributed by atoms with Gasteiger partial charge in [-0.25, -0.2) is 0 Å². The van der Waals surface area contributed by atoms with E-state index in [9.17, 15) is 9.59 Å². The Labute approximate surface area is 124 Å². The predicted molar refractivity (Wildman–Crippen MR) is 56.4 cm³/mol. The Morgan fingerprint density at radius 2 is 1.53 bits per heavy atom. The fourth-order valence-electron chi connectivity index (χ4n) is 1.71. The van der Waals surface area contributed by atoms with Gasteiger partial charge in [-0.1, -0.05) is 25.5 Å². The van der Waals surface area contributed by atoms with Crippen LogP contribution in [0.4, 0.5) is 0 Å². The molecule has 87 valence electrons. The topological polar surface area (TPSA) is 37.4 Å². The predicted octanol–water partition coefficient (Wildman–Crippen LogP) is -1.10. The molecule has 2 amide bonds. The van der Waals surface area contributed by atoms with Crippen LogP contribution in [0.2, 0.25) is 0 Å². The number of rotatable bonds is 3. The number of hydrogen-bond donors (Lipinski definition) is 0. The van der Waals surface area contributed by atoms with Gasteiger partial charge in [-0.2, -0.15) is 0 Å². The Morgan fingerprint density at radius 3 is 1.94 bits per heavy atom. The largest absolute Gasteiger partial charge is 1.00 e. The second kappa shape index (κ2) is 7.02. The van der Waals surface area contributed by atoms with E-state index in [4.69, 9.17) is 0 Å². The average Bonchev–Trinajstić information content (AvgIpc) is 2.51. The first-order valence-electron chi connectivity index (χ1n) is 5.00. The number of fused-ring (bicyclic) bond motifs is 1. The van der Waals surface area contributed by atoms with Crippen LogP contribution >= 0.6 is 0 Å². The molecule has 0 aliphatic carbocycles. The molecule has 0 bridgehead atoms. The van der Waals surface area contributed by atoms with Crippen molar-refractivity contribution in [1.82, 2.24) is 4.90 Å². The summed E-state index contributed by atoms with van der Waals surface area (Å²) in [6.45, 7) is 4.16. The van der Waals surface area contributed by atoms with Crippen molar-refractivity contribution in [2.75, 3.05) is 6.54 Å². The monoisotopic (exact) mass is 345 g/mol. The van der Waals surface area contributed by atoms with Crippen molar-refractivity contribution in [3.05, 3.63) is 42.3 Å². The first kappa shape index (κ1) is 16.5. The van der Waals surface area contributed by atoms with Crippen molar-refractivity contribution in [3.8, 4) is 0 Å². The van der Waals surface area contributed by atoms with Gasteiger partial charge in [-0.3, -0.25) is 14.5 Å². The number of unbranched alkanes of at least 4 members (excludes halogenated alkanes) is 1. The third-order valence-corrected chi connectivity index (χ3v) is 2.51. The third-order valence-electron chi connectivity index (χ3n) is 2.51. The van der Waals surface area contributed by atoms with E-state index in [2.05, 4.69) is 6.92 Å².